The van der Waals surface area contributed by atoms with Crippen LogP contribution in [0.25, 0.3) is 0 Å². The molecule has 0 spiro atoms. The molecule has 0 amide bonds. The summed E-state index contributed by atoms with van der Waals surface area (Å²) in [4.78, 5) is 30.8. The average molecular weight is 1390 g/mol. The molecule has 0 bridgehead atoms. The van der Waals surface area contributed by atoms with Gasteiger partial charge in [0.1, 0.15) is 0 Å². The minimum atomic E-state index is 0. The average Bonchev–Trinajstić information content (AvgIpc) is 1.37. The third-order valence-electron chi connectivity index (χ3n) is 19.5. The molecule has 1 aromatic rings. The standard InChI is InChI=1S/C11H16.C8H17N.C7H16N2.C7H15N.C7H13N.C7H15N.C7H14.2C6H14N2.C6H13N.C5H12N2.2CH5N.4CH4/c1-4-10-7-6-9(3)8-11(10)5-2;1-8-4-3-6-9(2)7-5-8;1-8-4-3-5-9(2)7-6-8;2*1-7-3-5-8(2)6-4-7;1-7-5-3-4-6-8(7)2;1-4-6-7(3)5-2;1-7-3-5-8(2)6-4-7;1-7-4-3-5-8(2)6-7;2*1-6-3-4-7(2)5-6;2*1-2;;;;/h6-8H,4-5H2,1-3H3;8H,3-7H2,1-2H3;3-7H2,1-2H3;7H,3-6H2,1-2H3;3H,4-6H2,1-2H3;7H,3-6H2,1-2H3;6H,4-5H2,1-3H3;2*3-6H2,1-2H3;6H,3-5H2,1-2H3;3-5H2,1-2H3;2*2H2,1H3;4*1H4/b;;;;;;7-6-;;;;;;;;;;. The first kappa shape index (κ1) is 109. The zero-order valence-corrected chi connectivity index (χ0v) is 68.2. The number of allylic oxidation sites excluding steroid dienone is 2. The Morgan fingerprint density at radius 2 is 0.776 bits per heavy atom. The second-order valence-electron chi connectivity index (χ2n) is 29.7. The number of hydrogen-bond donors (Lipinski definition) is 2. The molecule has 8 fully saturated rings. The zero-order valence-electron chi connectivity index (χ0n) is 68.2. The molecule has 9 aliphatic heterocycles. The molecule has 98 heavy (non-hydrogen) atoms. The molecule has 15 heteroatoms. The van der Waals surface area contributed by atoms with Gasteiger partial charge in [0.2, 0.25) is 0 Å². The van der Waals surface area contributed by atoms with Gasteiger partial charge in [-0.25, -0.2) is 0 Å². The molecule has 3 atom stereocenters. The lowest BCUT2D eigenvalue weighted by molar-refractivity contribution is 0.133. The topological polar surface area (TPSA) is 94.2 Å². The highest BCUT2D eigenvalue weighted by atomic mass is 15.3. The Bertz CT molecular complexity index is 1720. The maximum atomic E-state index is 4.50. The number of aryl methyl sites for hydroxylation is 3. The van der Waals surface area contributed by atoms with Crippen molar-refractivity contribution in [1.82, 2.24) is 63.7 Å². The Kier molecular flexibility index (Phi) is 80.5. The summed E-state index contributed by atoms with van der Waals surface area (Å²) >= 11 is 0. The van der Waals surface area contributed by atoms with Crippen LogP contribution in [0.1, 0.15) is 206 Å². The molecule has 0 radical (unpaired) electrons. The van der Waals surface area contributed by atoms with Gasteiger partial charge < -0.3 is 55.6 Å². The first-order valence-electron chi connectivity index (χ1n) is 38.2. The van der Waals surface area contributed by atoms with Crippen LogP contribution in [-0.2, 0) is 12.8 Å². The van der Waals surface area contributed by atoms with Gasteiger partial charge >= 0.3 is 0 Å². The van der Waals surface area contributed by atoms with Crippen molar-refractivity contribution in [2.75, 3.05) is 256 Å². The van der Waals surface area contributed by atoms with Crippen LogP contribution in [0.2, 0.25) is 0 Å². The highest BCUT2D eigenvalue weighted by Gasteiger charge is 2.16. The first-order chi connectivity index (χ1) is 44.7. The normalized spacial score (nSPS) is 22.8. The maximum Gasteiger partial charge on any atom is 0.0501 e. The molecule has 0 aliphatic carbocycles. The van der Waals surface area contributed by atoms with Gasteiger partial charge in [-0.15, -0.1) is 0 Å². The van der Waals surface area contributed by atoms with E-state index in [-0.39, 0.29) is 29.7 Å². The number of piperidine rings is 2. The number of likely N-dealkylation sites (N-methyl/N-ethyl adjacent to an activating group) is 7. The van der Waals surface area contributed by atoms with E-state index in [0.717, 1.165) is 56.5 Å². The van der Waals surface area contributed by atoms with Gasteiger partial charge in [0.05, 0.1) is 13.3 Å². The smallest absolute Gasteiger partial charge is 0.0501 e. The van der Waals surface area contributed by atoms with Gasteiger partial charge in [-0.3, -0.25) is 19.6 Å². The van der Waals surface area contributed by atoms with E-state index in [9.17, 15) is 0 Å². The summed E-state index contributed by atoms with van der Waals surface area (Å²) in [5.41, 5.74) is 16.4. The number of likely N-dealkylation sites (tertiary alicyclic amines) is 4. The third-order valence-corrected chi connectivity index (χ3v) is 19.5. The summed E-state index contributed by atoms with van der Waals surface area (Å²) in [6.07, 6.45) is 25.8. The van der Waals surface area contributed by atoms with E-state index in [1.54, 1.807) is 5.57 Å². The van der Waals surface area contributed by atoms with Crippen molar-refractivity contribution in [3.8, 4) is 0 Å². The van der Waals surface area contributed by atoms with Crippen molar-refractivity contribution in [2.45, 2.75) is 215 Å². The SMILES string of the molecule is C.C.C.C.CC/C=C(/C)CC.CC1=CCN(C)CC1.CC1CCCCN1C.CC1CCCN(C)CC1.CC1CCN(C)C1.CC1CCN(C)CC1.CCc1ccc(C)cc1CC.CN.CN.CN1CCCN(C)C1.CN1CCCN(C)CC1.CN1CCN(C)C1.CN1CCN(C)CC1. The summed E-state index contributed by atoms with van der Waals surface area (Å²) in [7, 11) is 31.3. The van der Waals surface area contributed by atoms with Crippen LogP contribution in [-0.4, -0.2) is 326 Å². The lowest BCUT2D eigenvalue weighted by atomic mass is 10.00. The minimum absolute atomic E-state index is 0. The number of nitrogens with two attached hydrogens (primary N) is 2. The summed E-state index contributed by atoms with van der Waals surface area (Å²) < 4.78 is 0. The van der Waals surface area contributed by atoms with Gasteiger partial charge in [-0.2, -0.15) is 0 Å². The zero-order chi connectivity index (χ0) is 71.8. The minimum Gasteiger partial charge on any atom is -0.333 e. The van der Waals surface area contributed by atoms with E-state index >= 15 is 0 Å². The molecule has 10 rings (SSSR count). The highest BCUT2D eigenvalue weighted by Crippen LogP contribution is 2.17. The van der Waals surface area contributed by atoms with Crippen LogP contribution in [0.15, 0.2) is 41.5 Å². The van der Waals surface area contributed by atoms with Crippen molar-refractivity contribution in [3.63, 3.8) is 0 Å². The van der Waals surface area contributed by atoms with E-state index < -0.39 is 0 Å². The van der Waals surface area contributed by atoms with Crippen molar-refractivity contribution in [3.05, 3.63) is 58.2 Å². The van der Waals surface area contributed by atoms with Crippen LogP contribution < -0.4 is 11.5 Å². The molecule has 0 saturated carbocycles. The van der Waals surface area contributed by atoms with E-state index in [4.69, 9.17) is 0 Å². The lowest BCUT2D eigenvalue weighted by Gasteiger charge is -2.29. The van der Waals surface area contributed by atoms with Gasteiger partial charge in [-0.1, -0.05) is 132 Å². The fourth-order valence-corrected chi connectivity index (χ4v) is 11.9. The number of piperazine rings is 1. The molecule has 4 N–H and O–H groups in total. The predicted molar refractivity (Wildman–Crippen MR) is 450 cm³/mol. The van der Waals surface area contributed by atoms with E-state index in [1.807, 2.05) is 0 Å². The Morgan fingerprint density at radius 1 is 0.398 bits per heavy atom. The summed E-state index contributed by atoms with van der Waals surface area (Å²) in [5.74, 6) is 2.89. The van der Waals surface area contributed by atoms with Crippen LogP contribution in [0.3, 0.4) is 0 Å². The lowest BCUT2D eigenvalue weighted by Crippen LogP contribution is -2.42. The van der Waals surface area contributed by atoms with E-state index in [2.05, 4.69) is 273 Å². The molecule has 3 unspecified atom stereocenters. The third kappa shape index (κ3) is 66.1. The van der Waals surface area contributed by atoms with Gasteiger partial charge in [-0.05, 0) is 311 Å². The molecule has 592 valence electrons. The molecular formula is C83H185N15. The van der Waals surface area contributed by atoms with Gasteiger partial charge in [0.25, 0.3) is 0 Å². The fraction of sp³-hybridized carbons (Fsp3) is 0.880. The van der Waals surface area contributed by atoms with Gasteiger partial charge in [0, 0.05) is 91.1 Å². The van der Waals surface area contributed by atoms with E-state index in [1.165, 1.54) is 257 Å². The first-order valence-corrected chi connectivity index (χ1v) is 38.2. The summed E-state index contributed by atoms with van der Waals surface area (Å²) in [6.45, 7) is 53.4. The van der Waals surface area contributed by atoms with Crippen LogP contribution >= 0.6 is 0 Å². The molecule has 9 aliphatic rings. The number of rotatable bonds is 4. The Labute approximate surface area is 619 Å². The van der Waals surface area contributed by atoms with Crippen molar-refractivity contribution >= 4 is 0 Å². The molecule has 0 aromatic heterocycles. The van der Waals surface area contributed by atoms with Crippen LogP contribution in [0.5, 0.6) is 0 Å². The molecule has 8 saturated heterocycles. The molecule has 15 nitrogen and oxygen atoms in total. The second-order valence-corrected chi connectivity index (χ2v) is 29.7. The van der Waals surface area contributed by atoms with Crippen LogP contribution in [0, 0.1) is 24.7 Å². The maximum absolute atomic E-state index is 4.50. The van der Waals surface area contributed by atoms with Crippen LogP contribution in [0.4, 0.5) is 0 Å². The Balaban J connectivity index is -0.000000185. The fourth-order valence-electron chi connectivity index (χ4n) is 11.9. The molecular weight excluding hydrogens is 1210 g/mol. The number of hydrogen-bond acceptors (Lipinski definition) is 15. The number of nitrogens with zero attached hydrogens (tertiary/aromatic N) is 13. The van der Waals surface area contributed by atoms with Crippen molar-refractivity contribution in [2.24, 2.45) is 29.2 Å². The summed E-state index contributed by atoms with van der Waals surface area (Å²) in [5, 5.41) is 0. The Hall–Kier alpha value is -1.90. The Morgan fingerprint density at radius 3 is 1.08 bits per heavy atom. The van der Waals surface area contributed by atoms with E-state index in [0.29, 0.717) is 0 Å². The number of benzene rings is 1. The highest BCUT2D eigenvalue weighted by molar-refractivity contribution is 5.31. The second kappa shape index (κ2) is 72.1. The van der Waals surface area contributed by atoms with Crippen molar-refractivity contribution < 1.29 is 0 Å². The molecule has 9 heterocycles. The van der Waals surface area contributed by atoms with Crippen molar-refractivity contribution in [1.29, 1.82) is 0 Å². The predicted octanol–water partition coefficient (Wildman–Crippen LogP) is 14.5. The summed E-state index contributed by atoms with van der Waals surface area (Å²) in [6, 6.07) is 7.56. The molecule has 1 aromatic carbocycles. The monoisotopic (exact) mass is 1390 g/mol. The quantitative estimate of drug-likeness (QED) is 0.280. The van der Waals surface area contributed by atoms with Gasteiger partial charge in [0.15, 0.2) is 0 Å². The largest absolute Gasteiger partial charge is 0.333 e.